The van der Waals surface area contributed by atoms with Crippen LogP contribution in [0.1, 0.15) is 32.9 Å². The molecule has 0 radical (unpaired) electrons. The first kappa shape index (κ1) is 14.7. The molecule has 22 heavy (non-hydrogen) atoms. The lowest BCUT2D eigenvalue weighted by Crippen LogP contribution is -2.24. The second kappa shape index (κ2) is 5.21. The Morgan fingerprint density at radius 1 is 1.36 bits per heavy atom. The van der Waals surface area contributed by atoms with Gasteiger partial charge in [0.15, 0.2) is 11.5 Å². The Balaban J connectivity index is 2.39. The minimum Gasteiger partial charge on any atom is -0.390 e. The largest absolute Gasteiger partial charge is 0.390 e. The van der Waals surface area contributed by atoms with Gasteiger partial charge in [0, 0.05) is 35.6 Å². The maximum Gasteiger partial charge on any atom is 0.162 e. The number of anilines is 1. The molecule has 3 heterocycles. The summed E-state index contributed by atoms with van der Waals surface area (Å²) in [6.07, 6.45) is 3.15. The number of nitrogen functional groups attached to an aromatic ring is 1. The molecule has 116 valence electrons. The average molecular weight is 299 g/mol. The van der Waals surface area contributed by atoms with Crippen molar-refractivity contribution in [1.29, 1.82) is 0 Å². The maximum atomic E-state index is 10.3. The van der Waals surface area contributed by atoms with Crippen LogP contribution >= 0.6 is 0 Å². The molecule has 3 aromatic rings. The molecule has 0 unspecified atom stereocenters. The zero-order chi connectivity index (χ0) is 15.9. The minimum absolute atomic E-state index is 0.382. The smallest absolute Gasteiger partial charge is 0.162 e. The van der Waals surface area contributed by atoms with Gasteiger partial charge < -0.3 is 10.8 Å². The van der Waals surface area contributed by atoms with Gasteiger partial charge in [-0.2, -0.15) is 5.10 Å². The molecule has 0 saturated carbocycles. The third-order valence-electron chi connectivity index (χ3n) is 3.62. The third-order valence-corrected chi connectivity index (χ3v) is 3.62. The molecule has 0 bridgehead atoms. The molecule has 0 saturated heterocycles. The zero-order valence-corrected chi connectivity index (χ0v) is 13.2. The predicted molar refractivity (Wildman–Crippen MR) is 87.5 cm³/mol. The first-order chi connectivity index (χ1) is 10.4. The van der Waals surface area contributed by atoms with Crippen molar-refractivity contribution in [3.8, 4) is 0 Å². The van der Waals surface area contributed by atoms with E-state index in [0.29, 0.717) is 23.4 Å². The summed E-state index contributed by atoms with van der Waals surface area (Å²) in [5.41, 5.74) is 7.53. The van der Waals surface area contributed by atoms with Crippen LogP contribution in [0.2, 0.25) is 0 Å². The van der Waals surface area contributed by atoms with E-state index in [-0.39, 0.29) is 0 Å². The fourth-order valence-electron chi connectivity index (χ4n) is 2.79. The number of nitrogens with zero attached hydrogens (tertiary/aromatic N) is 4. The van der Waals surface area contributed by atoms with Crippen LogP contribution in [0.3, 0.4) is 0 Å². The van der Waals surface area contributed by atoms with E-state index in [0.717, 1.165) is 29.4 Å². The van der Waals surface area contributed by atoms with Crippen molar-refractivity contribution in [3.05, 3.63) is 24.0 Å². The molecule has 0 amide bonds. The van der Waals surface area contributed by atoms with Crippen LogP contribution in [-0.4, -0.2) is 30.5 Å². The molecule has 6 nitrogen and oxygen atoms in total. The number of hydrogen-bond acceptors (Lipinski definition) is 5. The van der Waals surface area contributed by atoms with Gasteiger partial charge in [0.25, 0.3) is 0 Å². The van der Waals surface area contributed by atoms with Crippen molar-refractivity contribution in [2.24, 2.45) is 0 Å². The summed E-state index contributed by atoms with van der Waals surface area (Å²) in [6.45, 7) is 6.48. The van der Waals surface area contributed by atoms with E-state index in [1.165, 1.54) is 0 Å². The van der Waals surface area contributed by atoms with E-state index in [1.54, 1.807) is 20.0 Å². The molecule has 0 spiro atoms. The van der Waals surface area contributed by atoms with Gasteiger partial charge in [-0.1, -0.05) is 6.92 Å². The Labute approximate surface area is 129 Å². The maximum absolute atomic E-state index is 10.3. The van der Waals surface area contributed by atoms with E-state index >= 15 is 0 Å². The lowest BCUT2D eigenvalue weighted by Gasteiger charge is -2.18. The van der Waals surface area contributed by atoms with Crippen molar-refractivity contribution in [1.82, 2.24) is 19.7 Å². The van der Waals surface area contributed by atoms with Crippen molar-refractivity contribution in [2.75, 3.05) is 5.73 Å². The summed E-state index contributed by atoms with van der Waals surface area (Å²) in [6, 6.07) is 3.85. The van der Waals surface area contributed by atoms with Crippen LogP contribution in [-0.2, 0) is 13.0 Å². The third kappa shape index (κ3) is 2.50. The van der Waals surface area contributed by atoms with Crippen molar-refractivity contribution < 1.29 is 5.11 Å². The van der Waals surface area contributed by atoms with Crippen LogP contribution in [0.25, 0.3) is 21.9 Å². The summed E-state index contributed by atoms with van der Waals surface area (Å²) in [5, 5.41) is 16.8. The summed E-state index contributed by atoms with van der Waals surface area (Å²) >= 11 is 0. The number of aromatic nitrogens is 4. The Bertz CT molecular complexity index is 832. The standard InChI is InChI=1S/C16H21N5O/c1-4-8-21-11(9-16(2,3)22)12-10-6-5-7-18-15(10)19-14(17)13(12)20-21/h5-7,22H,4,8-9H2,1-3H3,(H2,17,18,19). The van der Waals surface area contributed by atoms with Gasteiger partial charge >= 0.3 is 0 Å². The average Bonchev–Trinajstić information content (AvgIpc) is 2.77. The van der Waals surface area contributed by atoms with Crippen LogP contribution in [0.4, 0.5) is 5.82 Å². The SMILES string of the molecule is CCCn1nc2c(N)nc3ncccc3c2c1CC(C)(C)O. The Hall–Kier alpha value is -2.21. The fraction of sp³-hybridized carbons (Fsp3) is 0.438. The Morgan fingerprint density at radius 2 is 2.14 bits per heavy atom. The molecule has 0 aromatic carbocycles. The Morgan fingerprint density at radius 3 is 2.82 bits per heavy atom. The van der Waals surface area contributed by atoms with Gasteiger partial charge in [-0.25, -0.2) is 9.97 Å². The first-order valence-corrected chi connectivity index (χ1v) is 7.52. The number of pyridine rings is 2. The summed E-state index contributed by atoms with van der Waals surface area (Å²) in [4.78, 5) is 8.64. The summed E-state index contributed by atoms with van der Waals surface area (Å²) in [7, 11) is 0. The second-order valence-electron chi connectivity index (χ2n) is 6.25. The van der Waals surface area contributed by atoms with Crippen molar-refractivity contribution in [3.63, 3.8) is 0 Å². The lowest BCUT2D eigenvalue weighted by molar-refractivity contribution is 0.0789. The molecule has 6 heteroatoms. The van der Waals surface area contributed by atoms with E-state index in [1.807, 2.05) is 16.8 Å². The minimum atomic E-state index is -0.828. The van der Waals surface area contributed by atoms with E-state index < -0.39 is 5.60 Å². The highest BCUT2D eigenvalue weighted by molar-refractivity contribution is 6.08. The van der Waals surface area contributed by atoms with E-state index in [4.69, 9.17) is 5.73 Å². The Kier molecular flexibility index (Phi) is 3.48. The molecule has 0 aliphatic heterocycles. The van der Waals surface area contributed by atoms with Crippen LogP contribution < -0.4 is 5.73 Å². The van der Waals surface area contributed by atoms with Crippen LogP contribution in [0.15, 0.2) is 18.3 Å². The molecule has 0 aliphatic carbocycles. The summed E-state index contributed by atoms with van der Waals surface area (Å²) in [5.74, 6) is 0.382. The molecule has 3 N–H and O–H groups in total. The molecule has 0 atom stereocenters. The number of aryl methyl sites for hydroxylation is 1. The van der Waals surface area contributed by atoms with Gasteiger partial charge in [-0.3, -0.25) is 4.68 Å². The number of rotatable bonds is 4. The lowest BCUT2D eigenvalue weighted by atomic mass is 9.99. The van der Waals surface area contributed by atoms with Gasteiger partial charge in [-0.15, -0.1) is 0 Å². The van der Waals surface area contributed by atoms with Crippen LogP contribution in [0, 0.1) is 0 Å². The molecule has 3 rings (SSSR count). The quantitative estimate of drug-likeness (QED) is 0.771. The highest BCUT2D eigenvalue weighted by Gasteiger charge is 2.23. The number of fused-ring (bicyclic) bond motifs is 3. The molecule has 3 aromatic heterocycles. The molecule has 0 fully saturated rings. The molecule has 0 aliphatic rings. The topological polar surface area (TPSA) is 89.9 Å². The molecular formula is C16H21N5O. The van der Waals surface area contributed by atoms with Crippen molar-refractivity contribution >= 4 is 27.8 Å². The number of aliphatic hydroxyl groups is 1. The first-order valence-electron chi connectivity index (χ1n) is 7.52. The number of hydrogen-bond donors (Lipinski definition) is 2. The highest BCUT2D eigenvalue weighted by Crippen LogP contribution is 2.31. The van der Waals surface area contributed by atoms with E-state index in [2.05, 4.69) is 22.0 Å². The van der Waals surface area contributed by atoms with Crippen LogP contribution in [0.5, 0.6) is 0 Å². The zero-order valence-electron chi connectivity index (χ0n) is 13.2. The van der Waals surface area contributed by atoms with Gasteiger partial charge in [0.2, 0.25) is 0 Å². The normalized spacial score (nSPS) is 12.4. The van der Waals surface area contributed by atoms with Gasteiger partial charge in [0.05, 0.1) is 5.60 Å². The second-order valence-corrected chi connectivity index (χ2v) is 6.25. The highest BCUT2D eigenvalue weighted by atomic mass is 16.3. The van der Waals surface area contributed by atoms with Gasteiger partial charge in [-0.05, 0) is 32.4 Å². The summed E-state index contributed by atoms with van der Waals surface area (Å²) < 4.78 is 1.94. The molecular weight excluding hydrogens is 278 g/mol. The fourth-order valence-corrected chi connectivity index (χ4v) is 2.79. The number of nitrogens with two attached hydrogens (primary N) is 1. The van der Waals surface area contributed by atoms with Gasteiger partial charge in [0.1, 0.15) is 5.52 Å². The van der Waals surface area contributed by atoms with E-state index in [9.17, 15) is 5.11 Å². The van der Waals surface area contributed by atoms with Crippen molar-refractivity contribution in [2.45, 2.75) is 45.8 Å². The predicted octanol–water partition coefficient (Wildman–Crippen LogP) is 2.29. The monoisotopic (exact) mass is 299 g/mol.